The van der Waals surface area contributed by atoms with Crippen molar-refractivity contribution < 1.29 is 0 Å². The lowest BCUT2D eigenvalue weighted by molar-refractivity contribution is 0.777. The molecule has 0 atom stereocenters. The molecule has 0 unspecified atom stereocenters. The quantitative estimate of drug-likeness (QED) is 0.775. The Balaban J connectivity index is 2.22. The van der Waals surface area contributed by atoms with Crippen LogP contribution < -0.4 is 0 Å². The fourth-order valence-corrected chi connectivity index (χ4v) is 1.70. The van der Waals surface area contributed by atoms with Gasteiger partial charge in [0, 0.05) is 24.3 Å². The Hall–Kier alpha value is -1.70. The van der Waals surface area contributed by atoms with Gasteiger partial charge in [-0.15, -0.1) is 0 Å². The van der Waals surface area contributed by atoms with Crippen molar-refractivity contribution in [2.75, 3.05) is 0 Å². The van der Waals surface area contributed by atoms with Crippen molar-refractivity contribution in [1.29, 1.82) is 0 Å². The Morgan fingerprint density at radius 3 is 2.50 bits per heavy atom. The van der Waals surface area contributed by atoms with Crippen molar-refractivity contribution in [1.82, 2.24) is 9.97 Å². The monoisotopic (exact) mass is 212 g/mol. The van der Waals surface area contributed by atoms with Crippen molar-refractivity contribution in [3.05, 3.63) is 48.5 Å². The first kappa shape index (κ1) is 10.8. The Bertz CT molecular complexity index is 437. The minimum atomic E-state index is 1.06. The highest BCUT2D eigenvalue weighted by molar-refractivity contribution is 5.62. The van der Waals surface area contributed by atoms with E-state index >= 15 is 0 Å². The first-order chi connectivity index (χ1) is 7.90. The topological polar surface area (TPSA) is 25.8 Å². The zero-order valence-electron chi connectivity index (χ0n) is 9.56. The van der Waals surface area contributed by atoms with Gasteiger partial charge in [0.2, 0.25) is 0 Å². The van der Waals surface area contributed by atoms with Crippen LogP contribution in [0.5, 0.6) is 0 Å². The van der Waals surface area contributed by atoms with Crippen molar-refractivity contribution in [3.8, 4) is 11.1 Å². The van der Waals surface area contributed by atoms with Crippen molar-refractivity contribution in [2.24, 2.45) is 0 Å². The van der Waals surface area contributed by atoms with Crippen LogP contribution in [0.2, 0.25) is 0 Å². The molecule has 0 saturated heterocycles. The second kappa shape index (κ2) is 5.40. The predicted octanol–water partition coefficient (Wildman–Crippen LogP) is 3.49. The summed E-state index contributed by atoms with van der Waals surface area (Å²) in [6, 6.07) is 8.27. The van der Waals surface area contributed by atoms with Crippen LogP contribution in [-0.2, 0) is 6.42 Å². The smallest absolute Gasteiger partial charge is 0.0409 e. The third kappa shape index (κ3) is 2.66. The molecule has 16 heavy (non-hydrogen) atoms. The van der Waals surface area contributed by atoms with E-state index in [9.17, 15) is 0 Å². The molecule has 0 aliphatic rings. The Morgan fingerprint density at radius 2 is 1.75 bits per heavy atom. The Labute approximate surface area is 96.4 Å². The van der Waals surface area contributed by atoms with E-state index in [0.717, 1.165) is 6.42 Å². The molecule has 0 amide bonds. The molecule has 2 aromatic heterocycles. The van der Waals surface area contributed by atoms with Crippen LogP contribution in [0.4, 0.5) is 0 Å². The molecule has 2 nitrogen and oxygen atoms in total. The Kier molecular flexibility index (Phi) is 3.65. The van der Waals surface area contributed by atoms with Gasteiger partial charge in [-0.1, -0.05) is 13.3 Å². The first-order valence-electron chi connectivity index (χ1n) is 5.75. The molecule has 2 aromatic rings. The molecular formula is C14H16N2. The normalized spacial score (nSPS) is 10.3. The second-order valence-corrected chi connectivity index (χ2v) is 3.88. The molecule has 0 spiro atoms. The predicted molar refractivity (Wildman–Crippen MR) is 66.1 cm³/mol. The SMILES string of the molecule is CCCCc1cc(-c2ccncc2)ccn1. The summed E-state index contributed by atoms with van der Waals surface area (Å²) in [6.45, 7) is 2.20. The number of hydrogen-bond acceptors (Lipinski definition) is 2. The maximum Gasteiger partial charge on any atom is 0.0409 e. The molecule has 0 aliphatic carbocycles. The standard InChI is InChI=1S/C14H16N2/c1-2-3-4-14-11-13(7-10-16-14)12-5-8-15-9-6-12/h5-11H,2-4H2,1H3. The summed E-state index contributed by atoms with van der Waals surface area (Å²) in [5.41, 5.74) is 3.61. The number of unbranched alkanes of at least 4 members (excludes halogenated alkanes) is 1. The number of hydrogen-bond donors (Lipinski definition) is 0. The molecule has 2 heterocycles. The van der Waals surface area contributed by atoms with E-state index in [-0.39, 0.29) is 0 Å². The molecular weight excluding hydrogens is 196 g/mol. The highest BCUT2D eigenvalue weighted by atomic mass is 14.7. The average Bonchev–Trinajstić information content (AvgIpc) is 2.38. The zero-order chi connectivity index (χ0) is 11.2. The number of aromatic nitrogens is 2. The molecule has 0 fully saturated rings. The molecule has 0 bridgehead atoms. The lowest BCUT2D eigenvalue weighted by atomic mass is 10.1. The van der Waals surface area contributed by atoms with E-state index in [1.54, 1.807) is 0 Å². The van der Waals surface area contributed by atoms with E-state index < -0.39 is 0 Å². The number of pyridine rings is 2. The molecule has 0 saturated carbocycles. The van der Waals surface area contributed by atoms with Gasteiger partial charge in [-0.3, -0.25) is 9.97 Å². The van der Waals surface area contributed by atoms with Crippen LogP contribution in [0.25, 0.3) is 11.1 Å². The second-order valence-electron chi connectivity index (χ2n) is 3.88. The van der Waals surface area contributed by atoms with Crippen LogP contribution in [0.15, 0.2) is 42.9 Å². The average molecular weight is 212 g/mol. The molecule has 0 N–H and O–H groups in total. The van der Waals surface area contributed by atoms with Crippen LogP contribution in [-0.4, -0.2) is 9.97 Å². The molecule has 82 valence electrons. The van der Waals surface area contributed by atoms with Gasteiger partial charge in [-0.25, -0.2) is 0 Å². The lowest BCUT2D eigenvalue weighted by Gasteiger charge is -2.03. The highest BCUT2D eigenvalue weighted by Gasteiger charge is 1.99. The van der Waals surface area contributed by atoms with E-state index in [1.807, 2.05) is 36.8 Å². The van der Waals surface area contributed by atoms with Crippen LogP contribution in [0.1, 0.15) is 25.5 Å². The summed E-state index contributed by atoms with van der Waals surface area (Å²) < 4.78 is 0. The summed E-state index contributed by atoms with van der Waals surface area (Å²) in [5.74, 6) is 0. The van der Waals surface area contributed by atoms with Gasteiger partial charge in [0.25, 0.3) is 0 Å². The zero-order valence-corrected chi connectivity index (χ0v) is 9.56. The molecule has 2 heteroatoms. The summed E-state index contributed by atoms with van der Waals surface area (Å²) in [6.07, 6.45) is 9.01. The van der Waals surface area contributed by atoms with Gasteiger partial charge in [0.15, 0.2) is 0 Å². The Morgan fingerprint density at radius 1 is 1.00 bits per heavy atom. The highest BCUT2D eigenvalue weighted by Crippen LogP contribution is 2.18. The van der Waals surface area contributed by atoms with Crippen LogP contribution >= 0.6 is 0 Å². The minimum absolute atomic E-state index is 1.06. The van der Waals surface area contributed by atoms with Gasteiger partial charge in [0.05, 0.1) is 0 Å². The van der Waals surface area contributed by atoms with Crippen LogP contribution in [0.3, 0.4) is 0 Å². The van der Waals surface area contributed by atoms with E-state index in [4.69, 9.17) is 0 Å². The minimum Gasteiger partial charge on any atom is -0.265 e. The molecule has 0 aromatic carbocycles. The van der Waals surface area contributed by atoms with Crippen molar-refractivity contribution >= 4 is 0 Å². The van der Waals surface area contributed by atoms with E-state index in [0.29, 0.717) is 0 Å². The van der Waals surface area contributed by atoms with Gasteiger partial charge in [-0.2, -0.15) is 0 Å². The number of rotatable bonds is 4. The van der Waals surface area contributed by atoms with Gasteiger partial charge >= 0.3 is 0 Å². The number of nitrogens with zero attached hydrogens (tertiary/aromatic N) is 2. The maximum absolute atomic E-state index is 4.39. The van der Waals surface area contributed by atoms with E-state index in [2.05, 4.69) is 23.0 Å². The number of aryl methyl sites for hydroxylation is 1. The summed E-state index contributed by atoms with van der Waals surface area (Å²) in [4.78, 5) is 8.41. The van der Waals surface area contributed by atoms with Crippen molar-refractivity contribution in [2.45, 2.75) is 26.2 Å². The molecule has 2 rings (SSSR count). The van der Waals surface area contributed by atoms with Crippen molar-refractivity contribution in [3.63, 3.8) is 0 Å². The third-order valence-electron chi connectivity index (χ3n) is 2.62. The van der Waals surface area contributed by atoms with Gasteiger partial charge in [-0.05, 0) is 48.2 Å². The molecule has 0 aliphatic heterocycles. The third-order valence-corrected chi connectivity index (χ3v) is 2.62. The lowest BCUT2D eigenvalue weighted by Crippen LogP contribution is -1.90. The van der Waals surface area contributed by atoms with Gasteiger partial charge < -0.3 is 0 Å². The summed E-state index contributed by atoms with van der Waals surface area (Å²) in [5, 5.41) is 0. The van der Waals surface area contributed by atoms with E-state index in [1.165, 1.54) is 29.7 Å². The fraction of sp³-hybridized carbons (Fsp3) is 0.286. The van der Waals surface area contributed by atoms with Crippen LogP contribution in [0, 0.1) is 0 Å². The summed E-state index contributed by atoms with van der Waals surface area (Å²) >= 11 is 0. The molecule has 0 radical (unpaired) electrons. The maximum atomic E-state index is 4.39. The van der Waals surface area contributed by atoms with Gasteiger partial charge in [0.1, 0.15) is 0 Å². The fourth-order valence-electron chi connectivity index (χ4n) is 1.70. The summed E-state index contributed by atoms with van der Waals surface area (Å²) in [7, 11) is 0. The first-order valence-corrected chi connectivity index (χ1v) is 5.75. The largest absolute Gasteiger partial charge is 0.265 e.